The van der Waals surface area contributed by atoms with Crippen molar-refractivity contribution in [3.8, 4) is 11.5 Å². The molecule has 0 bridgehead atoms. The molecule has 0 radical (unpaired) electrons. The second-order valence-corrected chi connectivity index (χ2v) is 4.80. The molecule has 1 aromatic carbocycles. The van der Waals surface area contributed by atoms with Gasteiger partial charge in [0, 0.05) is 6.54 Å². The number of carbonyl (C=O) groups is 1. The first-order valence-electron chi connectivity index (χ1n) is 6.43. The fraction of sp³-hybridized carbons (Fsp3) is 0.500. The van der Waals surface area contributed by atoms with E-state index in [-0.39, 0.29) is 24.0 Å². The molecule has 2 N–H and O–H groups in total. The molecule has 0 amide bonds. The number of hydrogen-bond donors (Lipinski definition) is 2. The van der Waals surface area contributed by atoms with Crippen LogP contribution in [0, 0.1) is 5.92 Å². The van der Waals surface area contributed by atoms with Gasteiger partial charge >= 0.3 is 12.6 Å². The minimum atomic E-state index is -2.95. The molecule has 21 heavy (non-hydrogen) atoms. The summed E-state index contributed by atoms with van der Waals surface area (Å²) in [6, 6.07) is 3.84. The lowest BCUT2D eigenvalue weighted by Gasteiger charge is -2.18. The maximum Gasteiger partial charge on any atom is 0.387 e. The minimum Gasteiger partial charge on any atom is -0.493 e. The van der Waals surface area contributed by atoms with E-state index in [0.29, 0.717) is 5.56 Å². The quantitative estimate of drug-likeness (QED) is 0.772. The fourth-order valence-corrected chi connectivity index (χ4v) is 1.86. The first-order chi connectivity index (χ1) is 9.85. The Balaban J connectivity index is 2.82. The topological polar surface area (TPSA) is 67.8 Å². The van der Waals surface area contributed by atoms with E-state index >= 15 is 0 Å². The number of halogens is 2. The van der Waals surface area contributed by atoms with Gasteiger partial charge in [-0.05, 0) is 23.6 Å². The number of aliphatic carboxylic acids is 1. The van der Waals surface area contributed by atoms with Gasteiger partial charge in [-0.15, -0.1) is 0 Å². The van der Waals surface area contributed by atoms with Crippen molar-refractivity contribution in [1.29, 1.82) is 0 Å². The molecule has 1 rings (SSSR count). The summed E-state index contributed by atoms with van der Waals surface area (Å²) in [6.07, 6.45) is 0. The van der Waals surface area contributed by atoms with Crippen LogP contribution < -0.4 is 14.8 Å². The summed E-state index contributed by atoms with van der Waals surface area (Å²) in [5, 5.41) is 11.9. The van der Waals surface area contributed by atoms with Crippen molar-refractivity contribution >= 4 is 5.97 Å². The Morgan fingerprint density at radius 3 is 2.48 bits per heavy atom. The summed E-state index contributed by atoms with van der Waals surface area (Å²) in [7, 11) is 1.35. The molecule has 0 aliphatic carbocycles. The summed E-state index contributed by atoms with van der Waals surface area (Å²) < 4.78 is 34.0. The third-order valence-electron chi connectivity index (χ3n) is 2.90. The van der Waals surface area contributed by atoms with Crippen LogP contribution >= 0.6 is 0 Å². The maximum atomic E-state index is 12.3. The molecule has 1 atom stereocenters. The van der Waals surface area contributed by atoms with Crippen LogP contribution in [-0.2, 0) is 11.3 Å². The molecule has 0 aliphatic rings. The lowest BCUT2D eigenvalue weighted by molar-refractivity contribution is -0.140. The molecule has 0 unspecified atom stereocenters. The molecular weight excluding hydrogens is 284 g/mol. The normalized spacial score (nSPS) is 12.5. The van der Waals surface area contributed by atoms with Gasteiger partial charge in [-0.25, -0.2) is 0 Å². The Hall–Kier alpha value is -1.89. The lowest BCUT2D eigenvalue weighted by Crippen LogP contribution is -2.40. The van der Waals surface area contributed by atoms with E-state index in [1.165, 1.54) is 19.2 Å². The smallest absolute Gasteiger partial charge is 0.387 e. The monoisotopic (exact) mass is 303 g/mol. The summed E-state index contributed by atoms with van der Waals surface area (Å²) in [4.78, 5) is 11.1. The predicted molar refractivity (Wildman–Crippen MR) is 72.7 cm³/mol. The largest absolute Gasteiger partial charge is 0.493 e. The van der Waals surface area contributed by atoms with Gasteiger partial charge in [0.15, 0.2) is 11.5 Å². The van der Waals surface area contributed by atoms with Crippen LogP contribution in [0.4, 0.5) is 8.78 Å². The SMILES string of the molecule is COc1ccc(CN[C@H](C(=O)O)C(C)C)cc1OC(F)F. The highest BCUT2D eigenvalue weighted by Crippen LogP contribution is 2.29. The number of benzene rings is 1. The van der Waals surface area contributed by atoms with Gasteiger partial charge in [-0.1, -0.05) is 19.9 Å². The van der Waals surface area contributed by atoms with Crippen LogP contribution in [0.15, 0.2) is 18.2 Å². The van der Waals surface area contributed by atoms with Crippen molar-refractivity contribution < 1.29 is 28.2 Å². The summed E-state index contributed by atoms with van der Waals surface area (Å²) in [5.74, 6) is -0.944. The molecule has 118 valence electrons. The van der Waals surface area contributed by atoms with Gasteiger partial charge in [0.2, 0.25) is 0 Å². The molecule has 0 heterocycles. The number of nitrogens with one attached hydrogen (secondary N) is 1. The van der Waals surface area contributed by atoms with Crippen molar-refractivity contribution in [3.63, 3.8) is 0 Å². The molecule has 7 heteroatoms. The molecule has 0 aliphatic heterocycles. The molecule has 0 saturated carbocycles. The highest BCUT2D eigenvalue weighted by atomic mass is 19.3. The Kier molecular flexibility index (Phi) is 6.36. The number of carboxylic acids is 1. The summed E-state index contributed by atoms with van der Waals surface area (Å²) in [5.41, 5.74) is 0.623. The van der Waals surface area contributed by atoms with Crippen LogP contribution in [0.3, 0.4) is 0 Å². The van der Waals surface area contributed by atoms with E-state index in [2.05, 4.69) is 10.1 Å². The number of hydrogen-bond acceptors (Lipinski definition) is 4. The Morgan fingerprint density at radius 1 is 1.33 bits per heavy atom. The molecule has 5 nitrogen and oxygen atoms in total. The third kappa shape index (κ3) is 5.18. The van der Waals surface area contributed by atoms with Gasteiger partial charge in [0.25, 0.3) is 0 Å². The van der Waals surface area contributed by atoms with Gasteiger partial charge in [0.1, 0.15) is 6.04 Å². The molecule has 1 aromatic rings. The van der Waals surface area contributed by atoms with Crippen molar-refractivity contribution in [2.45, 2.75) is 33.0 Å². The molecule has 0 spiro atoms. The summed E-state index contributed by atoms with van der Waals surface area (Å²) in [6.45, 7) is 0.833. The average Bonchev–Trinajstić information content (AvgIpc) is 2.37. The zero-order chi connectivity index (χ0) is 16.0. The van der Waals surface area contributed by atoms with E-state index in [4.69, 9.17) is 9.84 Å². The predicted octanol–water partition coefficient (Wildman–Crippen LogP) is 2.50. The molecular formula is C14H19F2NO4. The van der Waals surface area contributed by atoms with Crippen LogP contribution in [0.2, 0.25) is 0 Å². The molecule has 0 fully saturated rings. The zero-order valence-corrected chi connectivity index (χ0v) is 12.1. The first-order valence-corrected chi connectivity index (χ1v) is 6.43. The van der Waals surface area contributed by atoms with Crippen LogP contribution in [0.1, 0.15) is 19.4 Å². The van der Waals surface area contributed by atoms with Crippen molar-refractivity contribution in [2.75, 3.05) is 7.11 Å². The van der Waals surface area contributed by atoms with E-state index < -0.39 is 18.6 Å². The third-order valence-corrected chi connectivity index (χ3v) is 2.90. The Labute approximate surface area is 121 Å². The number of alkyl halides is 2. The lowest BCUT2D eigenvalue weighted by atomic mass is 10.0. The van der Waals surface area contributed by atoms with E-state index in [1.807, 2.05) is 0 Å². The maximum absolute atomic E-state index is 12.3. The highest BCUT2D eigenvalue weighted by molar-refractivity contribution is 5.73. The van der Waals surface area contributed by atoms with Crippen molar-refractivity contribution in [3.05, 3.63) is 23.8 Å². The van der Waals surface area contributed by atoms with Crippen molar-refractivity contribution in [2.24, 2.45) is 5.92 Å². The standard InChI is InChI=1S/C14H19F2NO4/c1-8(2)12(13(18)19)17-7-9-4-5-10(20-3)11(6-9)21-14(15)16/h4-6,8,12,14,17H,7H2,1-3H3,(H,18,19)/t12-/m0/s1. The molecule has 0 aromatic heterocycles. The van der Waals surface area contributed by atoms with E-state index in [9.17, 15) is 13.6 Å². The minimum absolute atomic E-state index is 0.0804. The fourth-order valence-electron chi connectivity index (χ4n) is 1.86. The number of carboxylic acid groups (broad SMARTS) is 1. The first kappa shape index (κ1) is 17.2. The molecule has 0 saturated heterocycles. The summed E-state index contributed by atoms with van der Waals surface area (Å²) >= 11 is 0. The van der Waals surface area contributed by atoms with E-state index in [0.717, 1.165) is 0 Å². The van der Waals surface area contributed by atoms with Crippen LogP contribution in [0.25, 0.3) is 0 Å². The van der Waals surface area contributed by atoms with Gasteiger partial charge in [-0.3, -0.25) is 4.79 Å². The Bertz CT molecular complexity index is 480. The average molecular weight is 303 g/mol. The number of ether oxygens (including phenoxy) is 2. The van der Waals surface area contributed by atoms with E-state index in [1.54, 1.807) is 19.9 Å². The number of methoxy groups -OCH3 is 1. The van der Waals surface area contributed by atoms with Crippen LogP contribution in [-0.4, -0.2) is 30.8 Å². The second kappa shape index (κ2) is 7.78. The number of rotatable bonds is 8. The van der Waals surface area contributed by atoms with Gasteiger partial charge in [-0.2, -0.15) is 8.78 Å². The van der Waals surface area contributed by atoms with Gasteiger partial charge < -0.3 is 19.9 Å². The highest BCUT2D eigenvalue weighted by Gasteiger charge is 2.20. The van der Waals surface area contributed by atoms with Crippen LogP contribution in [0.5, 0.6) is 11.5 Å². The second-order valence-electron chi connectivity index (χ2n) is 4.80. The Morgan fingerprint density at radius 2 is 2.00 bits per heavy atom. The zero-order valence-electron chi connectivity index (χ0n) is 12.1. The van der Waals surface area contributed by atoms with Gasteiger partial charge in [0.05, 0.1) is 7.11 Å². The van der Waals surface area contributed by atoms with Crippen molar-refractivity contribution in [1.82, 2.24) is 5.32 Å².